The molecule has 0 aromatic carbocycles. The van der Waals surface area contributed by atoms with E-state index in [0.29, 0.717) is 25.4 Å². The molecule has 0 amide bonds. The summed E-state index contributed by atoms with van der Waals surface area (Å²) >= 11 is 0. The van der Waals surface area contributed by atoms with Crippen LogP contribution < -0.4 is 0 Å². The molecule has 0 atom stereocenters. The molecule has 0 aliphatic carbocycles. The van der Waals surface area contributed by atoms with Crippen molar-refractivity contribution in [2.45, 2.75) is 25.7 Å². The predicted octanol–water partition coefficient (Wildman–Crippen LogP) is 1.56. The summed E-state index contributed by atoms with van der Waals surface area (Å²) in [6, 6.07) is 0. The Labute approximate surface area is 66.3 Å². The van der Waals surface area contributed by atoms with E-state index < -0.39 is 0 Å². The predicted molar refractivity (Wildman–Crippen MR) is 40.7 cm³/mol. The summed E-state index contributed by atoms with van der Waals surface area (Å²) in [6.45, 7) is 1.09. The number of hydrogen-bond acceptors (Lipinski definition) is 2. The second kappa shape index (κ2) is 4.44. The van der Waals surface area contributed by atoms with Crippen LogP contribution >= 0.6 is 0 Å². The third-order valence-electron chi connectivity index (χ3n) is 2.25. The van der Waals surface area contributed by atoms with Gasteiger partial charge in [0.25, 0.3) is 0 Å². The molecule has 0 radical (unpaired) electrons. The summed E-state index contributed by atoms with van der Waals surface area (Å²) in [4.78, 5) is 10.0. The number of piperidine rings is 1. The minimum absolute atomic E-state index is 0.545. The summed E-state index contributed by atoms with van der Waals surface area (Å²) < 4.78 is 12.4. The number of carbonyl (C=O) groups is 1. The number of rotatable bonds is 3. The highest BCUT2D eigenvalue weighted by molar-refractivity contribution is 5.49. The highest BCUT2D eigenvalue weighted by atomic mass is 19.2. The van der Waals surface area contributed by atoms with Gasteiger partial charge < -0.3 is 4.79 Å². The molecular formula is C8H14FNO. The summed E-state index contributed by atoms with van der Waals surface area (Å²) in [5.41, 5.74) is 0. The molecule has 0 unspecified atom stereocenters. The lowest BCUT2D eigenvalue weighted by Crippen LogP contribution is -2.27. The van der Waals surface area contributed by atoms with Crippen molar-refractivity contribution in [2.24, 2.45) is 5.92 Å². The SMILES string of the molecule is O=CCCC1CCN(F)CC1. The molecule has 0 saturated carbocycles. The van der Waals surface area contributed by atoms with Crippen LogP contribution in [0.5, 0.6) is 0 Å². The largest absolute Gasteiger partial charge is 0.303 e. The van der Waals surface area contributed by atoms with E-state index in [2.05, 4.69) is 0 Å². The van der Waals surface area contributed by atoms with E-state index in [4.69, 9.17) is 0 Å². The molecule has 1 rings (SSSR count). The standard InChI is InChI=1S/C8H14FNO/c9-10-5-3-8(4-6-10)2-1-7-11/h7-8H,1-6H2. The first kappa shape index (κ1) is 8.65. The molecule has 0 N–H and O–H groups in total. The number of hydrogen-bond donors (Lipinski definition) is 0. The first-order valence-electron chi connectivity index (χ1n) is 4.17. The fourth-order valence-electron chi connectivity index (χ4n) is 1.49. The summed E-state index contributed by atoms with van der Waals surface area (Å²) in [7, 11) is 0. The molecule has 0 spiro atoms. The van der Waals surface area contributed by atoms with Gasteiger partial charge in [-0.15, -0.1) is 9.60 Å². The zero-order valence-electron chi connectivity index (χ0n) is 6.63. The highest BCUT2D eigenvalue weighted by Gasteiger charge is 2.17. The zero-order chi connectivity index (χ0) is 8.10. The molecule has 1 heterocycles. The lowest BCUT2D eigenvalue weighted by molar-refractivity contribution is -0.108. The van der Waals surface area contributed by atoms with Crippen molar-refractivity contribution in [3.63, 3.8) is 0 Å². The Morgan fingerprint density at radius 1 is 1.45 bits per heavy atom. The van der Waals surface area contributed by atoms with Crippen molar-refractivity contribution in [3.05, 3.63) is 0 Å². The minimum atomic E-state index is 0.545. The second-order valence-electron chi connectivity index (χ2n) is 3.10. The molecular weight excluding hydrogens is 145 g/mol. The lowest BCUT2D eigenvalue weighted by atomic mass is 9.93. The maximum atomic E-state index is 12.4. The van der Waals surface area contributed by atoms with Crippen LogP contribution in [0.3, 0.4) is 0 Å². The number of aldehydes is 1. The molecule has 0 aromatic heterocycles. The maximum absolute atomic E-state index is 12.4. The number of carbonyl (C=O) groups excluding carboxylic acids is 1. The number of nitrogens with zero attached hydrogens (tertiary/aromatic N) is 1. The van der Waals surface area contributed by atoms with E-state index >= 15 is 0 Å². The first-order valence-corrected chi connectivity index (χ1v) is 4.17. The van der Waals surface area contributed by atoms with Gasteiger partial charge in [0.05, 0.1) is 0 Å². The highest BCUT2D eigenvalue weighted by Crippen LogP contribution is 2.21. The van der Waals surface area contributed by atoms with Gasteiger partial charge in [0.15, 0.2) is 0 Å². The molecule has 0 bridgehead atoms. The van der Waals surface area contributed by atoms with Crippen LogP contribution in [0.4, 0.5) is 4.48 Å². The van der Waals surface area contributed by atoms with Gasteiger partial charge in [-0.2, -0.15) is 0 Å². The Kier molecular flexibility index (Phi) is 3.49. The molecule has 1 fully saturated rings. The van der Waals surface area contributed by atoms with Gasteiger partial charge >= 0.3 is 0 Å². The van der Waals surface area contributed by atoms with Crippen LogP contribution in [0.25, 0.3) is 0 Å². The van der Waals surface area contributed by atoms with Crippen LogP contribution in [0, 0.1) is 5.92 Å². The topological polar surface area (TPSA) is 20.3 Å². The van der Waals surface area contributed by atoms with E-state index in [9.17, 15) is 9.28 Å². The van der Waals surface area contributed by atoms with Gasteiger partial charge in [0.1, 0.15) is 6.29 Å². The van der Waals surface area contributed by atoms with E-state index in [1.807, 2.05) is 0 Å². The average molecular weight is 159 g/mol. The van der Waals surface area contributed by atoms with Gasteiger partial charge in [-0.25, -0.2) is 0 Å². The summed E-state index contributed by atoms with van der Waals surface area (Å²) in [5.74, 6) is 0.576. The molecule has 64 valence electrons. The molecule has 11 heavy (non-hydrogen) atoms. The normalized spacial score (nSPS) is 21.9. The summed E-state index contributed by atoms with van der Waals surface area (Å²) in [6.07, 6.45) is 4.34. The van der Waals surface area contributed by atoms with Gasteiger partial charge in [-0.05, 0) is 25.2 Å². The quantitative estimate of drug-likeness (QED) is 0.460. The van der Waals surface area contributed by atoms with Gasteiger partial charge in [-0.1, -0.05) is 0 Å². The lowest BCUT2D eigenvalue weighted by Gasteiger charge is -2.24. The monoisotopic (exact) mass is 159 g/mol. The smallest absolute Gasteiger partial charge is 0.120 e. The van der Waals surface area contributed by atoms with Crippen LogP contribution in [0.2, 0.25) is 0 Å². The Bertz CT molecular complexity index is 121. The van der Waals surface area contributed by atoms with E-state index in [-0.39, 0.29) is 0 Å². The van der Waals surface area contributed by atoms with Crippen molar-refractivity contribution in [1.82, 2.24) is 5.12 Å². The third-order valence-corrected chi connectivity index (χ3v) is 2.25. The fourth-order valence-corrected chi connectivity index (χ4v) is 1.49. The van der Waals surface area contributed by atoms with E-state index in [1.54, 1.807) is 0 Å². The minimum Gasteiger partial charge on any atom is -0.303 e. The van der Waals surface area contributed by atoms with Crippen molar-refractivity contribution < 1.29 is 9.28 Å². The van der Waals surface area contributed by atoms with Crippen LogP contribution in [0.1, 0.15) is 25.7 Å². The zero-order valence-corrected chi connectivity index (χ0v) is 6.63. The molecule has 0 aromatic rings. The van der Waals surface area contributed by atoms with Crippen molar-refractivity contribution in [2.75, 3.05) is 13.1 Å². The molecule has 1 aliphatic rings. The van der Waals surface area contributed by atoms with E-state index in [0.717, 1.165) is 30.7 Å². The van der Waals surface area contributed by atoms with Gasteiger partial charge in [0, 0.05) is 19.5 Å². The van der Waals surface area contributed by atoms with Crippen molar-refractivity contribution >= 4 is 6.29 Å². The first-order chi connectivity index (χ1) is 5.33. The van der Waals surface area contributed by atoms with Crippen LogP contribution in [-0.2, 0) is 4.79 Å². The fraction of sp³-hybridized carbons (Fsp3) is 0.875. The summed E-state index contributed by atoms with van der Waals surface area (Å²) in [5, 5.41) is 0.859. The number of halogens is 1. The Morgan fingerprint density at radius 3 is 2.64 bits per heavy atom. The Balaban J connectivity index is 2.12. The van der Waals surface area contributed by atoms with Crippen molar-refractivity contribution in [1.29, 1.82) is 0 Å². The van der Waals surface area contributed by atoms with Crippen LogP contribution in [0.15, 0.2) is 0 Å². The van der Waals surface area contributed by atoms with Crippen LogP contribution in [-0.4, -0.2) is 24.5 Å². The Hall–Kier alpha value is -0.440. The maximum Gasteiger partial charge on any atom is 0.120 e. The van der Waals surface area contributed by atoms with Gasteiger partial charge in [-0.3, -0.25) is 0 Å². The molecule has 3 heteroatoms. The second-order valence-corrected chi connectivity index (χ2v) is 3.10. The van der Waals surface area contributed by atoms with Crippen molar-refractivity contribution in [3.8, 4) is 0 Å². The average Bonchev–Trinajstić information content (AvgIpc) is 2.04. The van der Waals surface area contributed by atoms with Gasteiger partial charge in [0.2, 0.25) is 0 Å². The Morgan fingerprint density at radius 2 is 2.09 bits per heavy atom. The van der Waals surface area contributed by atoms with E-state index in [1.165, 1.54) is 0 Å². The molecule has 1 saturated heterocycles. The third kappa shape index (κ3) is 2.97. The molecule has 1 aliphatic heterocycles. The molecule has 2 nitrogen and oxygen atoms in total.